The van der Waals surface area contributed by atoms with E-state index in [2.05, 4.69) is 26.5 Å². The third-order valence-corrected chi connectivity index (χ3v) is 8.65. The molecule has 0 heterocycles. The van der Waals surface area contributed by atoms with Crippen LogP contribution in [0.3, 0.4) is 0 Å². The molecule has 3 aliphatic rings. The lowest BCUT2D eigenvalue weighted by atomic mass is 9.60. The smallest absolute Gasteiger partial charge is 0.250 e. The second-order valence-electron chi connectivity index (χ2n) is 12.0. The van der Waals surface area contributed by atoms with E-state index in [4.69, 9.17) is 0 Å². The Hall–Kier alpha value is -1.04. The second kappa shape index (κ2) is 9.91. The molecule has 3 fully saturated rings. The van der Waals surface area contributed by atoms with Crippen molar-refractivity contribution in [1.82, 2.24) is 0 Å². The predicted molar refractivity (Wildman–Crippen MR) is 129 cm³/mol. The van der Waals surface area contributed by atoms with Crippen molar-refractivity contribution >= 4 is 0 Å². The molecule has 5 heteroatoms. The number of rotatable bonds is 7. The number of hydrogen-bond acceptors (Lipinski definition) is 3. The largest absolute Gasteiger partial charge is 0.393 e. The van der Waals surface area contributed by atoms with E-state index in [1.165, 1.54) is 19.4 Å². The zero-order valence-corrected chi connectivity index (χ0v) is 20.9. The number of allylic oxidation sites excluding steroid dienone is 3. The van der Waals surface area contributed by atoms with Crippen molar-refractivity contribution in [2.75, 3.05) is 0 Å². The third-order valence-electron chi connectivity index (χ3n) is 8.65. The van der Waals surface area contributed by atoms with E-state index in [-0.39, 0.29) is 17.8 Å². The summed E-state index contributed by atoms with van der Waals surface area (Å²) in [5.41, 5.74) is 1.82. The predicted octanol–water partition coefficient (Wildman–Crippen LogP) is 6.34. The summed E-state index contributed by atoms with van der Waals surface area (Å²) in [5, 5.41) is 30.0. The van der Waals surface area contributed by atoms with Crippen LogP contribution in [0.1, 0.15) is 91.9 Å². The van der Waals surface area contributed by atoms with Gasteiger partial charge in [-0.3, -0.25) is 0 Å². The fourth-order valence-corrected chi connectivity index (χ4v) is 7.04. The summed E-state index contributed by atoms with van der Waals surface area (Å²) >= 11 is 0. The molecule has 0 saturated heterocycles. The number of fused-ring (bicyclic) bond motifs is 1. The molecule has 0 aromatic carbocycles. The highest BCUT2D eigenvalue weighted by Gasteiger charge is 2.51. The molecule has 0 aromatic rings. The van der Waals surface area contributed by atoms with E-state index in [0.717, 1.165) is 37.7 Å². The lowest BCUT2D eigenvalue weighted by Gasteiger charge is -2.44. The van der Waals surface area contributed by atoms with Gasteiger partial charge in [-0.05, 0) is 93.1 Å². The van der Waals surface area contributed by atoms with Crippen LogP contribution in [0.2, 0.25) is 0 Å². The van der Waals surface area contributed by atoms with E-state index in [1.54, 1.807) is 0 Å². The van der Waals surface area contributed by atoms with Crippen LogP contribution < -0.4 is 0 Å². The second-order valence-corrected chi connectivity index (χ2v) is 12.0. The van der Waals surface area contributed by atoms with Crippen LogP contribution in [-0.2, 0) is 0 Å². The van der Waals surface area contributed by atoms with Crippen LogP contribution in [-0.4, -0.2) is 39.1 Å². The van der Waals surface area contributed by atoms with Crippen molar-refractivity contribution in [2.45, 2.75) is 116 Å². The molecule has 0 amide bonds. The average Bonchev–Trinajstić information content (AvgIpc) is 3.03. The van der Waals surface area contributed by atoms with E-state index in [0.29, 0.717) is 36.7 Å². The molecule has 33 heavy (non-hydrogen) atoms. The Morgan fingerprint density at radius 3 is 2.58 bits per heavy atom. The van der Waals surface area contributed by atoms with Gasteiger partial charge < -0.3 is 15.3 Å². The minimum Gasteiger partial charge on any atom is -0.393 e. The average molecular weight is 467 g/mol. The molecule has 0 spiro atoms. The summed E-state index contributed by atoms with van der Waals surface area (Å²) in [4.78, 5) is 0. The van der Waals surface area contributed by atoms with Gasteiger partial charge >= 0.3 is 0 Å². The SMILES string of the molecule is C=C1/C(=C\C=C2/CCC[C@]3(C)[C@@H]([C@H](C)CCC(F)(F)CC(C)(C)O)CC[C@@H]23)C[C@@H](O)C[C@@H]1O. The summed E-state index contributed by atoms with van der Waals surface area (Å²) in [6, 6.07) is 0. The van der Waals surface area contributed by atoms with Gasteiger partial charge in [0.2, 0.25) is 0 Å². The summed E-state index contributed by atoms with van der Waals surface area (Å²) in [5.74, 6) is -1.75. The lowest BCUT2D eigenvalue weighted by Crippen LogP contribution is -2.37. The number of halogens is 2. The van der Waals surface area contributed by atoms with Crippen LogP contribution in [0.5, 0.6) is 0 Å². The van der Waals surface area contributed by atoms with Crippen LogP contribution in [0, 0.1) is 23.2 Å². The Morgan fingerprint density at radius 2 is 1.91 bits per heavy atom. The molecule has 0 radical (unpaired) electrons. The van der Waals surface area contributed by atoms with E-state index in [9.17, 15) is 24.1 Å². The molecule has 3 saturated carbocycles. The first-order valence-electron chi connectivity index (χ1n) is 12.8. The Morgan fingerprint density at radius 1 is 1.21 bits per heavy atom. The van der Waals surface area contributed by atoms with Crippen LogP contribution in [0.15, 0.2) is 35.5 Å². The van der Waals surface area contributed by atoms with Crippen molar-refractivity contribution < 1.29 is 24.1 Å². The van der Waals surface area contributed by atoms with Gasteiger partial charge in [0.15, 0.2) is 0 Å². The van der Waals surface area contributed by atoms with Crippen molar-refractivity contribution in [3.05, 3.63) is 35.5 Å². The highest BCUT2D eigenvalue weighted by molar-refractivity contribution is 5.38. The first-order valence-corrected chi connectivity index (χ1v) is 12.8. The van der Waals surface area contributed by atoms with Crippen LogP contribution >= 0.6 is 0 Å². The van der Waals surface area contributed by atoms with Crippen molar-refractivity contribution in [1.29, 1.82) is 0 Å². The molecule has 6 atom stereocenters. The minimum atomic E-state index is -2.84. The number of aliphatic hydroxyl groups is 3. The van der Waals surface area contributed by atoms with E-state index < -0.39 is 30.2 Å². The first-order chi connectivity index (χ1) is 15.2. The van der Waals surface area contributed by atoms with E-state index >= 15 is 0 Å². The van der Waals surface area contributed by atoms with Gasteiger partial charge in [-0.15, -0.1) is 0 Å². The Labute approximate surface area is 198 Å². The lowest BCUT2D eigenvalue weighted by molar-refractivity contribution is -0.0838. The third kappa shape index (κ3) is 6.35. The normalized spacial score (nSPS) is 36.9. The van der Waals surface area contributed by atoms with Gasteiger partial charge in [-0.1, -0.05) is 38.2 Å². The summed E-state index contributed by atoms with van der Waals surface area (Å²) in [7, 11) is 0. The van der Waals surface area contributed by atoms with Gasteiger partial charge in [0.05, 0.1) is 17.8 Å². The van der Waals surface area contributed by atoms with Crippen molar-refractivity contribution in [3.8, 4) is 0 Å². The molecule has 3 nitrogen and oxygen atoms in total. The number of alkyl halides is 2. The molecule has 0 unspecified atom stereocenters. The molecule has 0 bridgehead atoms. The monoisotopic (exact) mass is 466 g/mol. The Balaban J connectivity index is 1.69. The highest BCUT2D eigenvalue weighted by atomic mass is 19.3. The number of hydrogen-bond donors (Lipinski definition) is 3. The van der Waals surface area contributed by atoms with Crippen LogP contribution in [0.4, 0.5) is 8.78 Å². The maximum absolute atomic E-state index is 14.4. The number of aliphatic hydroxyl groups excluding tert-OH is 2. The zero-order valence-electron chi connectivity index (χ0n) is 20.9. The molecular weight excluding hydrogens is 422 g/mol. The van der Waals surface area contributed by atoms with Gasteiger partial charge in [0, 0.05) is 19.3 Å². The van der Waals surface area contributed by atoms with Gasteiger partial charge in [0.1, 0.15) is 0 Å². The molecule has 0 aromatic heterocycles. The molecule has 188 valence electrons. The summed E-state index contributed by atoms with van der Waals surface area (Å²) in [6.45, 7) is 11.4. The summed E-state index contributed by atoms with van der Waals surface area (Å²) < 4.78 is 28.8. The Bertz CT molecular complexity index is 779. The maximum Gasteiger partial charge on any atom is 0.250 e. The standard InChI is InChI=1S/C28H44F2O3/c1-18(12-14-28(29,30)17-26(3,4)33)23-10-11-24-20(7-6-13-27(23,24)5)8-9-21-15-22(31)16-25(32)19(21)2/h8-9,18,22-25,31-33H,2,6-7,10-17H2,1,3-5H3/b20-8+,21-9-/t18-,22-,23-,24+,25+,27-/m1/s1. The molecular formula is C28H44F2O3. The fourth-order valence-electron chi connectivity index (χ4n) is 7.04. The molecule has 0 aliphatic heterocycles. The maximum atomic E-state index is 14.4. The minimum absolute atomic E-state index is 0.121. The van der Waals surface area contributed by atoms with Crippen LogP contribution in [0.25, 0.3) is 0 Å². The molecule has 3 aliphatic carbocycles. The van der Waals surface area contributed by atoms with Gasteiger partial charge in [0.25, 0.3) is 5.92 Å². The van der Waals surface area contributed by atoms with Crippen molar-refractivity contribution in [3.63, 3.8) is 0 Å². The first kappa shape index (κ1) is 26.6. The van der Waals surface area contributed by atoms with E-state index in [1.807, 2.05) is 6.08 Å². The topological polar surface area (TPSA) is 60.7 Å². The quantitative estimate of drug-likeness (QED) is 0.410. The highest BCUT2D eigenvalue weighted by Crippen LogP contribution is 2.60. The Kier molecular flexibility index (Phi) is 7.98. The molecule has 3 N–H and O–H groups in total. The van der Waals surface area contributed by atoms with Crippen molar-refractivity contribution in [2.24, 2.45) is 23.2 Å². The van der Waals surface area contributed by atoms with Gasteiger partial charge in [-0.25, -0.2) is 8.78 Å². The molecule has 3 rings (SSSR count). The fraction of sp³-hybridized carbons (Fsp3) is 0.786. The van der Waals surface area contributed by atoms with Gasteiger partial charge in [-0.2, -0.15) is 0 Å². The summed E-state index contributed by atoms with van der Waals surface area (Å²) in [6.07, 6.45) is 9.16. The zero-order chi connectivity index (χ0) is 24.6.